The van der Waals surface area contributed by atoms with Crippen LogP contribution in [0.2, 0.25) is 0 Å². The third-order valence-electron chi connectivity index (χ3n) is 5.93. The van der Waals surface area contributed by atoms with E-state index in [0.29, 0.717) is 6.54 Å². The highest BCUT2D eigenvalue weighted by atomic mass is 16.5. The van der Waals surface area contributed by atoms with Gasteiger partial charge >= 0.3 is 0 Å². The monoisotopic (exact) mass is 403 g/mol. The van der Waals surface area contributed by atoms with Crippen LogP contribution in [0.3, 0.4) is 0 Å². The maximum absolute atomic E-state index is 13.0. The molecule has 0 bridgehead atoms. The van der Waals surface area contributed by atoms with E-state index in [2.05, 4.69) is 34.2 Å². The first kappa shape index (κ1) is 18.7. The Morgan fingerprint density at radius 2 is 2.00 bits per heavy atom. The normalized spacial score (nSPS) is 15.2. The number of carbonyl (C=O) groups excluding carboxylic acids is 1. The molecule has 7 heteroatoms. The number of amides is 1. The number of nitrogens with one attached hydrogen (secondary N) is 1. The lowest BCUT2D eigenvalue weighted by molar-refractivity contribution is -0.133. The van der Waals surface area contributed by atoms with Crippen molar-refractivity contribution in [1.29, 1.82) is 0 Å². The van der Waals surface area contributed by atoms with Crippen LogP contribution in [0.1, 0.15) is 0 Å². The molecular formula is C23H25N5O2. The van der Waals surface area contributed by atoms with Crippen LogP contribution in [-0.2, 0) is 11.3 Å². The number of ether oxygens (including phenoxy) is 1. The minimum atomic E-state index is 0.153. The number of benzene rings is 1. The molecule has 1 amide bonds. The van der Waals surface area contributed by atoms with Crippen LogP contribution in [0.15, 0.2) is 48.8 Å². The minimum absolute atomic E-state index is 0.153. The highest BCUT2D eigenvalue weighted by molar-refractivity contribution is 5.99. The maximum Gasteiger partial charge on any atom is 0.242 e. The number of piperazine rings is 1. The van der Waals surface area contributed by atoms with Gasteiger partial charge in [-0.2, -0.15) is 0 Å². The van der Waals surface area contributed by atoms with Gasteiger partial charge < -0.3 is 24.1 Å². The van der Waals surface area contributed by atoms with Crippen molar-refractivity contribution in [3.63, 3.8) is 0 Å². The Morgan fingerprint density at radius 1 is 1.17 bits per heavy atom. The molecular weight excluding hydrogens is 378 g/mol. The smallest absolute Gasteiger partial charge is 0.242 e. The van der Waals surface area contributed by atoms with Gasteiger partial charge in [0.1, 0.15) is 17.9 Å². The van der Waals surface area contributed by atoms with Crippen molar-refractivity contribution in [2.24, 2.45) is 0 Å². The molecule has 1 aliphatic heterocycles. The summed E-state index contributed by atoms with van der Waals surface area (Å²) in [6.45, 7) is 3.72. The lowest BCUT2D eigenvalue weighted by Gasteiger charge is -2.32. The third-order valence-corrected chi connectivity index (χ3v) is 5.93. The number of pyridine rings is 1. The van der Waals surface area contributed by atoms with E-state index in [-0.39, 0.29) is 5.91 Å². The molecule has 1 saturated heterocycles. The van der Waals surface area contributed by atoms with E-state index in [1.807, 2.05) is 39.8 Å². The number of carbonyl (C=O) groups is 1. The molecule has 1 aliphatic rings. The van der Waals surface area contributed by atoms with Gasteiger partial charge in [-0.1, -0.05) is 0 Å². The zero-order chi connectivity index (χ0) is 20.7. The zero-order valence-electron chi connectivity index (χ0n) is 17.3. The predicted octanol–water partition coefficient (Wildman–Crippen LogP) is 2.97. The van der Waals surface area contributed by atoms with Gasteiger partial charge in [0.2, 0.25) is 5.91 Å². The first-order valence-electron chi connectivity index (χ1n) is 10.2. The second-order valence-electron chi connectivity index (χ2n) is 7.86. The quantitative estimate of drug-likeness (QED) is 0.569. The fourth-order valence-corrected chi connectivity index (χ4v) is 4.15. The number of rotatable bonds is 4. The van der Waals surface area contributed by atoms with Crippen LogP contribution in [0, 0.1) is 0 Å². The predicted molar refractivity (Wildman–Crippen MR) is 118 cm³/mol. The van der Waals surface area contributed by atoms with E-state index in [1.165, 1.54) is 0 Å². The number of H-pyrrole nitrogens is 1. The SMILES string of the molecule is COc1ccc2c(c1)c(-c1cc3cccnc3[nH]1)cn2CC(=O)N1CCN(C)CC1. The summed E-state index contributed by atoms with van der Waals surface area (Å²) in [5.74, 6) is 0.946. The Morgan fingerprint density at radius 3 is 2.77 bits per heavy atom. The second-order valence-corrected chi connectivity index (χ2v) is 7.86. The topological polar surface area (TPSA) is 66.4 Å². The Kier molecular flexibility index (Phi) is 4.67. The molecule has 0 aliphatic carbocycles. The first-order valence-corrected chi connectivity index (χ1v) is 10.2. The van der Waals surface area contributed by atoms with Crippen LogP contribution in [0.25, 0.3) is 33.2 Å². The van der Waals surface area contributed by atoms with Crippen molar-refractivity contribution < 1.29 is 9.53 Å². The Balaban J connectivity index is 1.55. The van der Waals surface area contributed by atoms with Crippen molar-refractivity contribution in [2.45, 2.75) is 6.54 Å². The Hall–Kier alpha value is -3.32. The van der Waals surface area contributed by atoms with E-state index in [9.17, 15) is 4.79 Å². The summed E-state index contributed by atoms with van der Waals surface area (Å²) in [5, 5.41) is 2.11. The van der Waals surface area contributed by atoms with E-state index in [1.54, 1.807) is 13.3 Å². The molecule has 0 unspecified atom stereocenters. The van der Waals surface area contributed by atoms with E-state index < -0.39 is 0 Å². The van der Waals surface area contributed by atoms with Crippen molar-refractivity contribution >= 4 is 27.8 Å². The summed E-state index contributed by atoms with van der Waals surface area (Å²) < 4.78 is 7.50. The largest absolute Gasteiger partial charge is 0.497 e. The van der Waals surface area contributed by atoms with Crippen LogP contribution in [0.5, 0.6) is 5.75 Å². The molecule has 7 nitrogen and oxygen atoms in total. The van der Waals surface area contributed by atoms with Crippen molar-refractivity contribution in [2.75, 3.05) is 40.3 Å². The summed E-state index contributed by atoms with van der Waals surface area (Å²) in [5.41, 5.74) is 3.88. The average Bonchev–Trinajstić information content (AvgIpc) is 3.35. The fraction of sp³-hybridized carbons (Fsp3) is 0.304. The standard InChI is InChI=1S/C23H25N5O2/c1-26-8-10-27(11-9-26)22(29)15-28-14-19(18-13-17(30-2)5-6-21(18)28)20-12-16-4-3-7-24-23(16)25-20/h3-7,12-14H,8-11,15H2,1-2H3,(H,24,25). The van der Waals surface area contributed by atoms with Crippen LogP contribution in [-0.4, -0.2) is 70.6 Å². The average molecular weight is 403 g/mol. The highest BCUT2D eigenvalue weighted by Gasteiger charge is 2.21. The summed E-state index contributed by atoms with van der Waals surface area (Å²) in [6.07, 6.45) is 3.84. The Labute approximate surface area is 174 Å². The number of hydrogen-bond acceptors (Lipinski definition) is 4. The number of aromatic amines is 1. The number of aromatic nitrogens is 3. The highest BCUT2D eigenvalue weighted by Crippen LogP contribution is 2.34. The fourth-order valence-electron chi connectivity index (χ4n) is 4.15. The molecule has 1 aromatic carbocycles. The van der Waals surface area contributed by atoms with Crippen LogP contribution < -0.4 is 4.74 Å². The van der Waals surface area contributed by atoms with Gasteiger partial charge in [0, 0.05) is 66.1 Å². The number of likely N-dealkylation sites (N-methyl/N-ethyl adjacent to an activating group) is 1. The van der Waals surface area contributed by atoms with Gasteiger partial charge in [-0.25, -0.2) is 4.98 Å². The number of hydrogen-bond donors (Lipinski definition) is 1. The molecule has 1 fully saturated rings. The third kappa shape index (κ3) is 3.31. The number of methoxy groups -OCH3 is 1. The van der Waals surface area contributed by atoms with Gasteiger partial charge in [-0.05, 0) is 43.4 Å². The van der Waals surface area contributed by atoms with Crippen LogP contribution >= 0.6 is 0 Å². The molecule has 4 heterocycles. The van der Waals surface area contributed by atoms with E-state index >= 15 is 0 Å². The van der Waals surface area contributed by atoms with Gasteiger partial charge in [0.05, 0.1) is 7.11 Å². The van der Waals surface area contributed by atoms with E-state index in [0.717, 1.165) is 65.1 Å². The van der Waals surface area contributed by atoms with Crippen molar-refractivity contribution in [3.8, 4) is 17.0 Å². The molecule has 4 aromatic rings. The molecule has 0 atom stereocenters. The Bertz CT molecular complexity index is 1180. The molecule has 3 aromatic heterocycles. The lowest BCUT2D eigenvalue weighted by Crippen LogP contribution is -2.48. The summed E-state index contributed by atoms with van der Waals surface area (Å²) in [4.78, 5) is 25.0. The molecule has 0 spiro atoms. The maximum atomic E-state index is 13.0. The molecule has 5 rings (SSSR count). The molecule has 154 valence electrons. The molecule has 0 saturated carbocycles. The van der Waals surface area contributed by atoms with E-state index in [4.69, 9.17) is 4.74 Å². The van der Waals surface area contributed by atoms with Gasteiger partial charge in [0.15, 0.2) is 0 Å². The van der Waals surface area contributed by atoms with Crippen molar-refractivity contribution in [1.82, 2.24) is 24.3 Å². The van der Waals surface area contributed by atoms with Gasteiger partial charge in [-0.3, -0.25) is 4.79 Å². The lowest BCUT2D eigenvalue weighted by atomic mass is 10.1. The van der Waals surface area contributed by atoms with Gasteiger partial charge in [0.25, 0.3) is 0 Å². The summed E-state index contributed by atoms with van der Waals surface area (Å²) in [6, 6.07) is 12.1. The number of fused-ring (bicyclic) bond motifs is 2. The molecule has 0 radical (unpaired) electrons. The first-order chi connectivity index (χ1) is 14.6. The summed E-state index contributed by atoms with van der Waals surface area (Å²) in [7, 11) is 3.76. The zero-order valence-corrected chi connectivity index (χ0v) is 17.3. The molecule has 30 heavy (non-hydrogen) atoms. The second kappa shape index (κ2) is 7.50. The molecule has 1 N–H and O–H groups in total. The van der Waals surface area contributed by atoms with Crippen LogP contribution in [0.4, 0.5) is 0 Å². The summed E-state index contributed by atoms with van der Waals surface area (Å²) >= 11 is 0. The number of nitrogens with zero attached hydrogens (tertiary/aromatic N) is 4. The van der Waals surface area contributed by atoms with Crippen molar-refractivity contribution in [3.05, 3.63) is 48.8 Å². The van der Waals surface area contributed by atoms with Gasteiger partial charge in [-0.15, -0.1) is 0 Å². The minimum Gasteiger partial charge on any atom is -0.497 e.